The smallest absolute Gasteiger partial charge is 0.422 e. The highest BCUT2D eigenvalue weighted by Gasteiger charge is 2.30. The zero-order valence-electron chi connectivity index (χ0n) is 12.4. The number of rotatable bonds is 5. The van der Waals surface area contributed by atoms with Crippen LogP contribution in [0.1, 0.15) is 21.8 Å². The number of aryl methyl sites for hydroxylation is 1. The van der Waals surface area contributed by atoms with Gasteiger partial charge in [-0.15, -0.1) is 0 Å². The number of ether oxygens (including phenoxy) is 1. The van der Waals surface area contributed by atoms with Gasteiger partial charge in [0, 0.05) is 19.3 Å². The molecule has 0 spiro atoms. The maximum Gasteiger partial charge on any atom is 0.422 e. The number of aromatic nitrogens is 2. The van der Waals surface area contributed by atoms with E-state index in [0.29, 0.717) is 11.5 Å². The van der Waals surface area contributed by atoms with Gasteiger partial charge in [-0.1, -0.05) is 5.16 Å². The molecule has 0 aliphatic carbocycles. The average molecular weight is 329 g/mol. The summed E-state index contributed by atoms with van der Waals surface area (Å²) in [5.74, 6) is -0.301. The summed E-state index contributed by atoms with van der Waals surface area (Å²) in [7, 11) is 1.49. The summed E-state index contributed by atoms with van der Waals surface area (Å²) in [6.45, 7) is 0.336. The van der Waals surface area contributed by atoms with Gasteiger partial charge in [0.2, 0.25) is 5.88 Å². The molecule has 0 aromatic carbocycles. The number of amides is 1. The van der Waals surface area contributed by atoms with E-state index in [9.17, 15) is 18.0 Å². The molecule has 0 unspecified atom stereocenters. The van der Waals surface area contributed by atoms with E-state index < -0.39 is 18.7 Å². The first-order valence-corrected chi connectivity index (χ1v) is 6.58. The van der Waals surface area contributed by atoms with Gasteiger partial charge in [0.05, 0.1) is 6.54 Å². The van der Waals surface area contributed by atoms with Gasteiger partial charge in [-0.05, 0) is 19.1 Å². The van der Waals surface area contributed by atoms with E-state index in [1.807, 2.05) is 0 Å². The minimum absolute atomic E-state index is 0.0560. The molecule has 0 aliphatic rings. The maximum atomic E-state index is 12.4. The van der Waals surface area contributed by atoms with Crippen LogP contribution in [0.2, 0.25) is 0 Å². The van der Waals surface area contributed by atoms with E-state index in [-0.39, 0.29) is 18.0 Å². The monoisotopic (exact) mass is 329 g/mol. The first kappa shape index (κ1) is 16.8. The molecule has 0 aliphatic heterocycles. The van der Waals surface area contributed by atoms with Gasteiger partial charge < -0.3 is 14.2 Å². The van der Waals surface area contributed by atoms with Crippen LogP contribution in [0.4, 0.5) is 13.2 Å². The summed E-state index contributed by atoms with van der Waals surface area (Å²) in [6.07, 6.45) is -3.26. The van der Waals surface area contributed by atoms with Crippen LogP contribution in [0.15, 0.2) is 28.9 Å². The van der Waals surface area contributed by atoms with Crippen molar-refractivity contribution in [2.45, 2.75) is 19.6 Å². The molecular weight excluding hydrogens is 315 g/mol. The van der Waals surface area contributed by atoms with Gasteiger partial charge in [0.1, 0.15) is 17.0 Å². The Morgan fingerprint density at radius 2 is 2.17 bits per heavy atom. The predicted octanol–water partition coefficient (Wildman–Crippen LogP) is 2.59. The number of hydrogen-bond acceptors (Lipinski definition) is 5. The molecule has 0 fully saturated rings. The van der Waals surface area contributed by atoms with Crippen molar-refractivity contribution < 1.29 is 27.2 Å². The predicted molar refractivity (Wildman–Crippen MR) is 72.8 cm³/mol. The minimum atomic E-state index is -4.51. The first-order valence-electron chi connectivity index (χ1n) is 6.58. The van der Waals surface area contributed by atoms with Crippen molar-refractivity contribution in [1.82, 2.24) is 15.0 Å². The Kier molecular flexibility index (Phi) is 4.87. The summed E-state index contributed by atoms with van der Waals surface area (Å²) >= 11 is 0. The molecule has 0 N–H and O–H groups in total. The van der Waals surface area contributed by atoms with Crippen molar-refractivity contribution in [3.63, 3.8) is 0 Å². The van der Waals surface area contributed by atoms with E-state index in [2.05, 4.69) is 14.9 Å². The van der Waals surface area contributed by atoms with Crippen molar-refractivity contribution in [2.24, 2.45) is 0 Å². The van der Waals surface area contributed by atoms with Crippen LogP contribution in [0.5, 0.6) is 5.88 Å². The second kappa shape index (κ2) is 6.67. The Morgan fingerprint density at radius 1 is 1.43 bits per heavy atom. The summed E-state index contributed by atoms with van der Waals surface area (Å²) in [4.78, 5) is 17.3. The molecule has 124 valence electrons. The third-order valence-corrected chi connectivity index (χ3v) is 2.80. The normalized spacial score (nSPS) is 11.3. The van der Waals surface area contributed by atoms with Gasteiger partial charge in [-0.3, -0.25) is 4.79 Å². The van der Waals surface area contributed by atoms with Crippen LogP contribution < -0.4 is 4.74 Å². The van der Waals surface area contributed by atoms with E-state index in [1.54, 1.807) is 13.0 Å². The molecule has 23 heavy (non-hydrogen) atoms. The molecule has 2 rings (SSSR count). The Bertz CT molecular complexity index is 685. The molecule has 0 bridgehead atoms. The van der Waals surface area contributed by atoms with Crippen molar-refractivity contribution in [3.8, 4) is 5.88 Å². The Hall–Kier alpha value is -2.58. The number of pyridine rings is 1. The number of nitrogens with zero attached hydrogens (tertiary/aromatic N) is 3. The zero-order valence-corrected chi connectivity index (χ0v) is 12.4. The van der Waals surface area contributed by atoms with E-state index in [4.69, 9.17) is 4.52 Å². The van der Waals surface area contributed by atoms with Crippen LogP contribution in [0.25, 0.3) is 0 Å². The van der Waals surface area contributed by atoms with Crippen LogP contribution in [-0.2, 0) is 6.54 Å². The van der Waals surface area contributed by atoms with Gasteiger partial charge >= 0.3 is 6.18 Å². The molecular formula is C14H14F3N3O3. The number of carbonyl (C=O) groups is 1. The molecule has 2 aromatic rings. The fraction of sp³-hybridized carbons (Fsp3) is 0.357. The fourth-order valence-electron chi connectivity index (χ4n) is 1.83. The molecule has 2 heterocycles. The Morgan fingerprint density at radius 3 is 2.78 bits per heavy atom. The molecule has 0 atom stereocenters. The van der Waals surface area contributed by atoms with Crippen molar-refractivity contribution in [3.05, 3.63) is 41.4 Å². The van der Waals surface area contributed by atoms with Gasteiger partial charge in [0.25, 0.3) is 5.91 Å². The van der Waals surface area contributed by atoms with Crippen LogP contribution in [-0.4, -0.2) is 40.8 Å². The molecule has 2 aromatic heterocycles. The van der Waals surface area contributed by atoms with Crippen LogP contribution >= 0.6 is 0 Å². The van der Waals surface area contributed by atoms with Gasteiger partial charge in [-0.25, -0.2) is 4.98 Å². The summed E-state index contributed by atoms with van der Waals surface area (Å²) < 4.78 is 46.3. The minimum Gasteiger partial charge on any atom is -0.467 e. The lowest BCUT2D eigenvalue weighted by molar-refractivity contribution is -0.154. The molecule has 0 radical (unpaired) electrons. The first-order chi connectivity index (χ1) is 10.8. The lowest BCUT2D eigenvalue weighted by atomic mass is 10.2. The van der Waals surface area contributed by atoms with E-state index in [0.717, 1.165) is 0 Å². The zero-order chi connectivity index (χ0) is 17.0. The summed E-state index contributed by atoms with van der Waals surface area (Å²) in [5, 5.41) is 3.76. The molecule has 1 amide bonds. The van der Waals surface area contributed by atoms with Crippen molar-refractivity contribution >= 4 is 5.91 Å². The standard InChI is InChI=1S/C14H14F3N3O3/c1-9-6-10(19-23-9)7-20(2)13(21)11-4-3-5-18-12(11)22-8-14(15,16)17/h3-6H,7-8H2,1-2H3. The van der Waals surface area contributed by atoms with Crippen molar-refractivity contribution in [2.75, 3.05) is 13.7 Å². The number of hydrogen-bond donors (Lipinski definition) is 0. The topological polar surface area (TPSA) is 68.5 Å². The third kappa shape index (κ3) is 4.70. The Labute approximate surface area is 129 Å². The maximum absolute atomic E-state index is 12.4. The number of alkyl halides is 3. The molecule has 6 nitrogen and oxygen atoms in total. The SMILES string of the molecule is Cc1cc(CN(C)C(=O)c2cccnc2OCC(F)(F)F)no1. The van der Waals surface area contributed by atoms with E-state index in [1.165, 1.54) is 30.3 Å². The quantitative estimate of drug-likeness (QED) is 0.843. The lowest BCUT2D eigenvalue weighted by Crippen LogP contribution is -2.28. The van der Waals surface area contributed by atoms with Crippen LogP contribution in [0.3, 0.4) is 0 Å². The average Bonchev–Trinajstić information content (AvgIpc) is 2.89. The number of halogens is 3. The lowest BCUT2D eigenvalue weighted by Gasteiger charge is -2.17. The highest BCUT2D eigenvalue weighted by atomic mass is 19.4. The fourth-order valence-corrected chi connectivity index (χ4v) is 1.83. The summed E-state index contributed by atoms with van der Waals surface area (Å²) in [6, 6.07) is 4.46. The van der Waals surface area contributed by atoms with Crippen molar-refractivity contribution in [1.29, 1.82) is 0 Å². The van der Waals surface area contributed by atoms with Crippen LogP contribution in [0, 0.1) is 6.92 Å². The largest absolute Gasteiger partial charge is 0.467 e. The Balaban J connectivity index is 2.12. The highest BCUT2D eigenvalue weighted by molar-refractivity contribution is 5.96. The third-order valence-electron chi connectivity index (χ3n) is 2.80. The molecule has 0 saturated heterocycles. The second-order valence-electron chi connectivity index (χ2n) is 4.85. The molecule has 9 heteroatoms. The molecule has 0 saturated carbocycles. The summed E-state index contributed by atoms with van der Waals surface area (Å²) in [5.41, 5.74) is 0.472. The van der Waals surface area contributed by atoms with E-state index >= 15 is 0 Å². The number of carbonyl (C=O) groups excluding carboxylic acids is 1. The second-order valence-corrected chi connectivity index (χ2v) is 4.85. The van der Waals surface area contributed by atoms with Gasteiger partial charge in [0.15, 0.2) is 6.61 Å². The highest BCUT2D eigenvalue weighted by Crippen LogP contribution is 2.21. The van der Waals surface area contributed by atoms with Gasteiger partial charge in [-0.2, -0.15) is 13.2 Å².